The van der Waals surface area contributed by atoms with Crippen molar-refractivity contribution in [3.8, 4) is 0 Å². The van der Waals surface area contributed by atoms with Crippen LogP contribution >= 0.6 is 0 Å². The summed E-state index contributed by atoms with van der Waals surface area (Å²) in [6.07, 6.45) is 1.46. The van der Waals surface area contributed by atoms with Crippen LogP contribution in [0.25, 0.3) is 32.3 Å². The van der Waals surface area contributed by atoms with Crippen LogP contribution in [-0.4, -0.2) is 11.4 Å². The van der Waals surface area contributed by atoms with Gasteiger partial charge in [0.15, 0.2) is 0 Å². The van der Waals surface area contributed by atoms with Crippen molar-refractivity contribution in [1.29, 1.82) is 0 Å². The lowest BCUT2D eigenvalue weighted by Gasteiger charge is -2.10. The molecule has 0 radical (unpaired) electrons. The molecule has 0 aliphatic rings. The molecule has 0 amide bonds. The van der Waals surface area contributed by atoms with Gasteiger partial charge in [-0.2, -0.15) is 0 Å². The molecule has 4 aromatic rings. The Morgan fingerprint density at radius 1 is 0.619 bits per heavy atom. The molecule has 0 fully saturated rings. The first-order valence-corrected chi connectivity index (χ1v) is 6.89. The summed E-state index contributed by atoms with van der Waals surface area (Å²) in [5.74, 6) is 0. The Bertz CT molecular complexity index is 967. The number of hydrogen-bond acceptors (Lipinski definition) is 2. The molecule has 2 heteroatoms. The minimum atomic E-state index is 0.894. The predicted molar refractivity (Wildman–Crippen MR) is 88.3 cm³/mol. The van der Waals surface area contributed by atoms with Crippen LogP contribution in [-0.2, 0) is 0 Å². The number of oxime groups is 1. The highest BCUT2D eigenvalue weighted by molar-refractivity contribution is 6.25. The Hall–Kier alpha value is -2.87. The molecule has 4 rings (SSSR count). The maximum Gasteiger partial charge on any atom is 0.0734 e. The van der Waals surface area contributed by atoms with E-state index in [9.17, 15) is 0 Å². The standard InChI is InChI=1S/C19H13NO/c21-20-12-13-9-10-18-16-7-2-1-5-14(16)15-6-3-4-8-17(15)19(18)11-13/h1-12,21H. The van der Waals surface area contributed by atoms with E-state index in [0.29, 0.717) is 0 Å². The topological polar surface area (TPSA) is 32.6 Å². The average Bonchev–Trinajstić information content (AvgIpc) is 2.55. The largest absolute Gasteiger partial charge is 0.411 e. The molecule has 0 bridgehead atoms. The van der Waals surface area contributed by atoms with Gasteiger partial charge in [0.25, 0.3) is 0 Å². The summed E-state index contributed by atoms with van der Waals surface area (Å²) in [7, 11) is 0. The zero-order chi connectivity index (χ0) is 14.2. The fraction of sp³-hybridized carbons (Fsp3) is 0. The molecule has 0 aliphatic heterocycles. The van der Waals surface area contributed by atoms with Crippen molar-refractivity contribution in [3.05, 3.63) is 72.3 Å². The number of fused-ring (bicyclic) bond motifs is 6. The van der Waals surface area contributed by atoms with E-state index in [2.05, 4.69) is 65.8 Å². The normalized spacial score (nSPS) is 11.8. The minimum absolute atomic E-state index is 0.894. The highest BCUT2D eigenvalue weighted by atomic mass is 16.4. The van der Waals surface area contributed by atoms with E-state index >= 15 is 0 Å². The van der Waals surface area contributed by atoms with Crippen molar-refractivity contribution < 1.29 is 5.21 Å². The first kappa shape index (κ1) is 11.9. The monoisotopic (exact) mass is 271 g/mol. The highest BCUT2D eigenvalue weighted by Crippen LogP contribution is 2.34. The van der Waals surface area contributed by atoms with Crippen molar-refractivity contribution >= 4 is 38.5 Å². The maximum atomic E-state index is 8.75. The molecule has 0 saturated carbocycles. The third-order valence-electron chi connectivity index (χ3n) is 3.98. The molecule has 0 saturated heterocycles. The Kier molecular flexibility index (Phi) is 2.61. The van der Waals surface area contributed by atoms with Crippen molar-refractivity contribution in [2.75, 3.05) is 0 Å². The van der Waals surface area contributed by atoms with Crippen molar-refractivity contribution in [2.45, 2.75) is 0 Å². The van der Waals surface area contributed by atoms with E-state index in [1.807, 2.05) is 6.07 Å². The number of benzene rings is 4. The summed E-state index contributed by atoms with van der Waals surface area (Å²) >= 11 is 0. The fourth-order valence-corrected chi connectivity index (χ4v) is 3.07. The minimum Gasteiger partial charge on any atom is -0.411 e. The molecule has 0 aromatic heterocycles. The Morgan fingerprint density at radius 2 is 1.10 bits per heavy atom. The third-order valence-corrected chi connectivity index (χ3v) is 3.98. The second-order valence-electron chi connectivity index (χ2n) is 5.14. The summed E-state index contributed by atoms with van der Waals surface area (Å²) in [6.45, 7) is 0. The predicted octanol–water partition coefficient (Wildman–Crippen LogP) is 4.95. The van der Waals surface area contributed by atoms with Crippen LogP contribution < -0.4 is 0 Å². The number of rotatable bonds is 1. The van der Waals surface area contributed by atoms with Crippen molar-refractivity contribution in [1.82, 2.24) is 0 Å². The van der Waals surface area contributed by atoms with E-state index in [0.717, 1.165) is 5.56 Å². The summed E-state index contributed by atoms with van der Waals surface area (Å²) in [6, 6.07) is 23.0. The Balaban J connectivity index is 2.30. The average molecular weight is 271 g/mol. The SMILES string of the molecule is ON=Cc1ccc2c3ccccc3c3ccccc3c2c1. The summed E-state index contributed by atoms with van der Waals surface area (Å²) in [5.41, 5.74) is 0.894. The van der Waals surface area contributed by atoms with Crippen molar-refractivity contribution in [3.63, 3.8) is 0 Å². The van der Waals surface area contributed by atoms with Crippen LogP contribution in [0.15, 0.2) is 71.9 Å². The van der Waals surface area contributed by atoms with Crippen LogP contribution in [0.4, 0.5) is 0 Å². The molecule has 100 valence electrons. The molecule has 0 aliphatic carbocycles. The molecule has 0 atom stereocenters. The fourth-order valence-electron chi connectivity index (χ4n) is 3.07. The molecule has 4 aromatic carbocycles. The lowest BCUT2D eigenvalue weighted by Crippen LogP contribution is -1.86. The van der Waals surface area contributed by atoms with E-state index in [1.54, 1.807) is 0 Å². The van der Waals surface area contributed by atoms with Gasteiger partial charge in [-0.25, -0.2) is 0 Å². The van der Waals surface area contributed by atoms with E-state index in [4.69, 9.17) is 5.21 Å². The first-order valence-electron chi connectivity index (χ1n) is 6.89. The van der Waals surface area contributed by atoms with Gasteiger partial charge in [-0.1, -0.05) is 65.8 Å². The van der Waals surface area contributed by atoms with Crippen LogP contribution in [0, 0.1) is 0 Å². The van der Waals surface area contributed by atoms with Gasteiger partial charge in [0.05, 0.1) is 6.21 Å². The van der Waals surface area contributed by atoms with E-state index in [-0.39, 0.29) is 0 Å². The van der Waals surface area contributed by atoms with Crippen LogP contribution in [0.5, 0.6) is 0 Å². The molecule has 1 N–H and O–H groups in total. The van der Waals surface area contributed by atoms with Crippen LogP contribution in [0.3, 0.4) is 0 Å². The summed E-state index contributed by atoms with van der Waals surface area (Å²) < 4.78 is 0. The van der Waals surface area contributed by atoms with E-state index in [1.165, 1.54) is 38.5 Å². The molecular weight excluding hydrogens is 258 g/mol. The van der Waals surface area contributed by atoms with Crippen LogP contribution in [0.2, 0.25) is 0 Å². The molecule has 0 heterocycles. The summed E-state index contributed by atoms with van der Waals surface area (Å²) in [5, 5.41) is 19.3. The summed E-state index contributed by atoms with van der Waals surface area (Å²) in [4.78, 5) is 0. The molecule has 2 nitrogen and oxygen atoms in total. The zero-order valence-electron chi connectivity index (χ0n) is 11.3. The smallest absolute Gasteiger partial charge is 0.0734 e. The highest BCUT2D eigenvalue weighted by Gasteiger charge is 2.07. The van der Waals surface area contributed by atoms with Gasteiger partial charge in [-0.3, -0.25) is 0 Å². The Morgan fingerprint density at radius 3 is 1.62 bits per heavy atom. The second kappa shape index (κ2) is 4.60. The second-order valence-corrected chi connectivity index (χ2v) is 5.14. The van der Waals surface area contributed by atoms with Gasteiger partial charge < -0.3 is 5.21 Å². The molecule has 0 unspecified atom stereocenters. The van der Waals surface area contributed by atoms with Gasteiger partial charge in [0, 0.05) is 0 Å². The molecule has 0 spiro atoms. The van der Waals surface area contributed by atoms with Gasteiger partial charge in [-0.15, -0.1) is 0 Å². The molecule has 21 heavy (non-hydrogen) atoms. The van der Waals surface area contributed by atoms with Crippen LogP contribution in [0.1, 0.15) is 5.56 Å². The quantitative estimate of drug-likeness (QED) is 0.226. The third kappa shape index (κ3) is 1.77. The Labute approximate surface area is 121 Å². The molecular formula is C19H13NO. The van der Waals surface area contributed by atoms with Gasteiger partial charge in [0.1, 0.15) is 0 Å². The lowest BCUT2D eigenvalue weighted by atomic mass is 9.93. The maximum absolute atomic E-state index is 8.75. The van der Waals surface area contributed by atoms with Crippen molar-refractivity contribution in [2.24, 2.45) is 5.16 Å². The first-order chi connectivity index (χ1) is 10.4. The van der Waals surface area contributed by atoms with Gasteiger partial charge in [-0.05, 0) is 43.9 Å². The lowest BCUT2D eigenvalue weighted by molar-refractivity contribution is 0.322. The number of nitrogens with zero attached hydrogens (tertiary/aromatic N) is 1. The van der Waals surface area contributed by atoms with E-state index < -0.39 is 0 Å². The number of hydrogen-bond donors (Lipinski definition) is 1. The van der Waals surface area contributed by atoms with Gasteiger partial charge >= 0.3 is 0 Å². The van der Waals surface area contributed by atoms with Gasteiger partial charge in [0.2, 0.25) is 0 Å². The zero-order valence-corrected chi connectivity index (χ0v) is 11.3.